The third kappa shape index (κ3) is 5.59. The summed E-state index contributed by atoms with van der Waals surface area (Å²) in [4.78, 5) is 13.3. The molecule has 1 aromatic carbocycles. The highest BCUT2D eigenvalue weighted by Gasteiger charge is 2.24. The van der Waals surface area contributed by atoms with E-state index in [0.717, 1.165) is 5.56 Å². The minimum Gasteiger partial charge on any atom is -0.444 e. The number of hydrogen-bond donors (Lipinski definition) is 2. The fourth-order valence-corrected chi connectivity index (χ4v) is 1.69. The molecule has 0 spiro atoms. The molecule has 1 aromatic rings. The molecular weight excluding hydrogens is 258 g/mol. The summed E-state index contributed by atoms with van der Waals surface area (Å²) in [6, 6.07) is 9.08. The molecule has 0 aliphatic heterocycles. The lowest BCUT2D eigenvalue weighted by molar-refractivity contribution is 0.0109. The van der Waals surface area contributed by atoms with Crippen molar-refractivity contribution in [3.63, 3.8) is 0 Å². The zero-order valence-electron chi connectivity index (χ0n) is 12.2. The molecule has 0 aliphatic rings. The molecule has 2 N–H and O–H groups in total. The second-order valence-electron chi connectivity index (χ2n) is 5.58. The lowest BCUT2D eigenvalue weighted by atomic mass is 10.1. The molecule has 1 amide bonds. The van der Waals surface area contributed by atoms with Gasteiger partial charge in [-0.15, -0.1) is 0 Å². The maximum atomic E-state index is 12.0. The van der Waals surface area contributed by atoms with Crippen molar-refractivity contribution in [2.24, 2.45) is 0 Å². The minimum atomic E-state index is -0.810. The topological polar surface area (TPSA) is 70.0 Å². The van der Waals surface area contributed by atoms with Crippen LogP contribution in [0, 0.1) is 0 Å². The Labute approximate surface area is 119 Å². The van der Waals surface area contributed by atoms with E-state index in [-0.39, 0.29) is 19.7 Å². The Morgan fingerprint density at radius 2 is 1.90 bits per heavy atom. The first-order valence-electron chi connectivity index (χ1n) is 6.65. The molecule has 0 heterocycles. The molecular formula is C15H23NO4. The number of amides is 1. The first kappa shape index (κ1) is 16.5. The minimum absolute atomic E-state index is 0.0828. The Kier molecular flexibility index (Phi) is 5.98. The SMILES string of the molecule is CC(C)(C)OC(=O)N(CCO)CC(O)c1ccccc1. The van der Waals surface area contributed by atoms with Gasteiger partial charge in [0.05, 0.1) is 19.3 Å². The van der Waals surface area contributed by atoms with Crippen molar-refractivity contribution >= 4 is 6.09 Å². The Balaban J connectivity index is 2.69. The predicted molar refractivity (Wildman–Crippen MR) is 76.3 cm³/mol. The standard InChI is InChI=1S/C15H23NO4/c1-15(2,3)20-14(19)16(9-10-17)11-13(18)12-7-5-4-6-8-12/h4-8,13,17-18H,9-11H2,1-3H3. The number of rotatable bonds is 5. The van der Waals surface area contributed by atoms with Crippen LogP contribution in [-0.4, -0.2) is 46.5 Å². The monoisotopic (exact) mass is 281 g/mol. The third-order valence-electron chi connectivity index (χ3n) is 2.60. The van der Waals surface area contributed by atoms with Gasteiger partial charge < -0.3 is 19.8 Å². The van der Waals surface area contributed by atoms with Gasteiger partial charge in [-0.25, -0.2) is 4.79 Å². The van der Waals surface area contributed by atoms with E-state index in [1.54, 1.807) is 32.9 Å². The molecule has 0 radical (unpaired) electrons. The van der Waals surface area contributed by atoms with Gasteiger partial charge in [0.25, 0.3) is 0 Å². The number of carbonyl (C=O) groups is 1. The molecule has 0 saturated heterocycles. The van der Waals surface area contributed by atoms with Crippen LogP contribution >= 0.6 is 0 Å². The number of nitrogens with zero attached hydrogens (tertiary/aromatic N) is 1. The second-order valence-corrected chi connectivity index (χ2v) is 5.58. The quantitative estimate of drug-likeness (QED) is 0.865. The smallest absolute Gasteiger partial charge is 0.410 e. The molecule has 0 aliphatic carbocycles. The highest BCUT2D eigenvalue weighted by atomic mass is 16.6. The fraction of sp³-hybridized carbons (Fsp3) is 0.533. The number of aliphatic hydroxyl groups excluding tert-OH is 2. The van der Waals surface area contributed by atoms with Gasteiger partial charge in [0, 0.05) is 6.54 Å². The Bertz CT molecular complexity index is 414. The number of ether oxygens (including phenoxy) is 1. The molecule has 5 nitrogen and oxygen atoms in total. The lowest BCUT2D eigenvalue weighted by Crippen LogP contribution is -2.40. The first-order chi connectivity index (χ1) is 9.33. The van der Waals surface area contributed by atoms with Gasteiger partial charge in [0.2, 0.25) is 0 Å². The molecule has 112 valence electrons. The van der Waals surface area contributed by atoms with Crippen molar-refractivity contribution in [2.75, 3.05) is 19.7 Å². The van der Waals surface area contributed by atoms with E-state index >= 15 is 0 Å². The van der Waals surface area contributed by atoms with E-state index < -0.39 is 17.8 Å². The molecule has 0 fully saturated rings. The van der Waals surface area contributed by atoms with Crippen LogP contribution in [0.3, 0.4) is 0 Å². The van der Waals surface area contributed by atoms with Crippen LogP contribution in [0.25, 0.3) is 0 Å². The number of carbonyl (C=O) groups excluding carboxylic acids is 1. The molecule has 1 atom stereocenters. The molecule has 1 rings (SSSR count). The second kappa shape index (κ2) is 7.26. The Morgan fingerprint density at radius 1 is 1.30 bits per heavy atom. The van der Waals surface area contributed by atoms with Crippen LogP contribution in [0.1, 0.15) is 32.4 Å². The van der Waals surface area contributed by atoms with Gasteiger partial charge in [0.1, 0.15) is 5.60 Å². The summed E-state index contributed by atoms with van der Waals surface area (Å²) < 4.78 is 5.25. The zero-order chi connectivity index (χ0) is 15.2. The third-order valence-corrected chi connectivity index (χ3v) is 2.60. The lowest BCUT2D eigenvalue weighted by Gasteiger charge is -2.28. The Morgan fingerprint density at radius 3 is 2.40 bits per heavy atom. The van der Waals surface area contributed by atoms with E-state index in [0.29, 0.717) is 0 Å². The maximum Gasteiger partial charge on any atom is 0.410 e. The van der Waals surface area contributed by atoms with Crippen LogP contribution in [0.15, 0.2) is 30.3 Å². The van der Waals surface area contributed by atoms with Gasteiger partial charge in [-0.3, -0.25) is 0 Å². The maximum absolute atomic E-state index is 12.0. The first-order valence-corrected chi connectivity index (χ1v) is 6.65. The van der Waals surface area contributed by atoms with Crippen molar-refractivity contribution in [3.05, 3.63) is 35.9 Å². The van der Waals surface area contributed by atoms with Gasteiger partial charge in [-0.05, 0) is 26.3 Å². The van der Waals surface area contributed by atoms with E-state index in [2.05, 4.69) is 0 Å². The number of aliphatic hydroxyl groups is 2. The fourth-order valence-electron chi connectivity index (χ4n) is 1.69. The van der Waals surface area contributed by atoms with Gasteiger partial charge >= 0.3 is 6.09 Å². The largest absolute Gasteiger partial charge is 0.444 e. The molecule has 0 bridgehead atoms. The summed E-state index contributed by atoms with van der Waals surface area (Å²) in [5.74, 6) is 0. The average Bonchev–Trinajstić information content (AvgIpc) is 2.37. The predicted octanol–water partition coefficient (Wildman–Crippen LogP) is 1.95. The van der Waals surface area contributed by atoms with Crippen LogP contribution in [-0.2, 0) is 4.74 Å². The zero-order valence-corrected chi connectivity index (χ0v) is 12.2. The van der Waals surface area contributed by atoms with Crippen LogP contribution in [0.4, 0.5) is 4.79 Å². The summed E-state index contributed by atoms with van der Waals surface area (Å²) >= 11 is 0. The molecule has 5 heteroatoms. The van der Waals surface area contributed by atoms with Crippen molar-refractivity contribution in [2.45, 2.75) is 32.5 Å². The molecule has 0 aromatic heterocycles. The summed E-state index contributed by atoms with van der Waals surface area (Å²) in [5, 5.41) is 19.2. The average molecular weight is 281 g/mol. The number of benzene rings is 1. The van der Waals surface area contributed by atoms with Crippen molar-refractivity contribution in [3.8, 4) is 0 Å². The van der Waals surface area contributed by atoms with Crippen molar-refractivity contribution < 1.29 is 19.7 Å². The van der Waals surface area contributed by atoms with Crippen LogP contribution in [0.5, 0.6) is 0 Å². The summed E-state index contributed by atoms with van der Waals surface area (Å²) in [6.07, 6.45) is -1.35. The normalized spacial score (nSPS) is 12.8. The van der Waals surface area contributed by atoms with E-state index in [1.807, 2.05) is 18.2 Å². The summed E-state index contributed by atoms with van der Waals surface area (Å²) in [5.41, 5.74) is 0.113. The highest BCUT2D eigenvalue weighted by Crippen LogP contribution is 2.16. The number of hydrogen-bond acceptors (Lipinski definition) is 4. The molecule has 1 unspecified atom stereocenters. The van der Waals surface area contributed by atoms with E-state index in [9.17, 15) is 9.90 Å². The Hall–Kier alpha value is -1.59. The van der Waals surface area contributed by atoms with E-state index in [1.165, 1.54) is 4.90 Å². The van der Waals surface area contributed by atoms with Crippen LogP contribution in [0.2, 0.25) is 0 Å². The molecule has 20 heavy (non-hydrogen) atoms. The van der Waals surface area contributed by atoms with Gasteiger partial charge in [-0.1, -0.05) is 30.3 Å². The highest BCUT2D eigenvalue weighted by molar-refractivity contribution is 5.68. The molecule has 0 saturated carbocycles. The summed E-state index contributed by atoms with van der Waals surface area (Å²) in [7, 11) is 0. The van der Waals surface area contributed by atoms with Crippen molar-refractivity contribution in [1.82, 2.24) is 4.90 Å². The van der Waals surface area contributed by atoms with Gasteiger partial charge in [0.15, 0.2) is 0 Å². The van der Waals surface area contributed by atoms with E-state index in [4.69, 9.17) is 9.84 Å². The van der Waals surface area contributed by atoms with Crippen molar-refractivity contribution in [1.29, 1.82) is 0 Å². The summed E-state index contributed by atoms with van der Waals surface area (Å²) in [6.45, 7) is 5.35. The van der Waals surface area contributed by atoms with Crippen LogP contribution < -0.4 is 0 Å². The van der Waals surface area contributed by atoms with Gasteiger partial charge in [-0.2, -0.15) is 0 Å².